The first-order valence-electron chi connectivity index (χ1n) is 7.93. The number of methoxy groups -OCH3 is 1. The van der Waals surface area contributed by atoms with Crippen molar-refractivity contribution in [2.75, 3.05) is 20.2 Å². The van der Waals surface area contributed by atoms with Gasteiger partial charge in [-0.2, -0.15) is 4.98 Å². The molecule has 1 aliphatic heterocycles. The summed E-state index contributed by atoms with van der Waals surface area (Å²) in [5, 5.41) is 0. The number of carbonyl (C=O) groups excluding carboxylic acids is 1. The fraction of sp³-hybridized carbons (Fsp3) is 0.688. The van der Waals surface area contributed by atoms with Gasteiger partial charge in [-0.05, 0) is 5.92 Å². The molecule has 1 fully saturated rings. The number of piperidine rings is 1. The van der Waals surface area contributed by atoms with E-state index in [1.165, 1.54) is 7.11 Å². The van der Waals surface area contributed by atoms with E-state index in [2.05, 4.69) is 23.8 Å². The fourth-order valence-corrected chi connectivity index (χ4v) is 2.45. The number of hydrogen-bond donors (Lipinski definition) is 0. The molecule has 22 heavy (non-hydrogen) atoms. The summed E-state index contributed by atoms with van der Waals surface area (Å²) in [6, 6.07) is 2.03. The molecule has 6 nitrogen and oxygen atoms in total. The largest absolute Gasteiger partial charge is 0.474 e. The predicted octanol–water partition coefficient (Wildman–Crippen LogP) is 2.29. The van der Waals surface area contributed by atoms with Gasteiger partial charge in [0.1, 0.15) is 6.10 Å². The van der Waals surface area contributed by atoms with Crippen molar-refractivity contribution in [1.29, 1.82) is 0 Å². The zero-order valence-electron chi connectivity index (χ0n) is 13.6. The second-order valence-electron chi connectivity index (χ2n) is 5.80. The summed E-state index contributed by atoms with van der Waals surface area (Å²) in [6.45, 7) is 5.74. The van der Waals surface area contributed by atoms with Crippen LogP contribution in [0.3, 0.4) is 0 Å². The van der Waals surface area contributed by atoms with E-state index in [0.29, 0.717) is 24.2 Å². The molecule has 1 aliphatic rings. The highest BCUT2D eigenvalue weighted by Gasteiger charge is 2.24. The molecule has 2 heterocycles. The fourth-order valence-electron chi connectivity index (χ4n) is 2.45. The molecule has 0 aromatic carbocycles. The zero-order valence-corrected chi connectivity index (χ0v) is 13.6. The summed E-state index contributed by atoms with van der Waals surface area (Å²) in [4.78, 5) is 22.2. The number of amides is 1. The summed E-state index contributed by atoms with van der Waals surface area (Å²) in [5.41, 5.74) is 0. The summed E-state index contributed by atoms with van der Waals surface area (Å²) in [6.07, 6.45) is 5.06. The second kappa shape index (κ2) is 7.96. The molecule has 1 saturated heterocycles. The first-order valence-corrected chi connectivity index (χ1v) is 7.93. The molecule has 1 aromatic rings. The van der Waals surface area contributed by atoms with E-state index in [1.807, 2.05) is 4.90 Å². The highest BCUT2D eigenvalue weighted by molar-refractivity contribution is 5.76. The number of ether oxygens (including phenoxy) is 2. The molecule has 0 bridgehead atoms. The highest BCUT2D eigenvalue weighted by atomic mass is 16.5. The lowest BCUT2D eigenvalue weighted by molar-refractivity contribution is -0.133. The average Bonchev–Trinajstić information content (AvgIpc) is 2.55. The lowest BCUT2D eigenvalue weighted by Gasteiger charge is -2.32. The molecular weight excluding hydrogens is 282 g/mol. The topological polar surface area (TPSA) is 64.6 Å². The van der Waals surface area contributed by atoms with Gasteiger partial charge in [-0.15, -0.1) is 0 Å². The lowest BCUT2D eigenvalue weighted by Crippen LogP contribution is -2.42. The van der Waals surface area contributed by atoms with Crippen molar-refractivity contribution < 1.29 is 14.3 Å². The highest BCUT2D eigenvalue weighted by Crippen LogP contribution is 2.20. The van der Waals surface area contributed by atoms with Crippen molar-refractivity contribution >= 4 is 5.91 Å². The van der Waals surface area contributed by atoms with Crippen LogP contribution in [0, 0.1) is 5.92 Å². The van der Waals surface area contributed by atoms with Crippen molar-refractivity contribution in [3.63, 3.8) is 0 Å². The molecule has 0 aliphatic carbocycles. The van der Waals surface area contributed by atoms with E-state index in [-0.39, 0.29) is 12.0 Å². The Hall–Kier alpha value is -1.85. The van der Waals surface area contributed by atoms with Crippen molar-refractivity contribution in [2.24, 2.45) is 5.92 Å². The monoisotopic (exact) mass is 307 g/mol. The van der Waals surface area contributed by atoms with Crippen molar-refractivity contribution in [3.05, 3.63) is 12.3 Å². The molecule has 0 radical (unpaired) electrons. The van der Waals surface area contributed by atoms with Crippen LogP contribution < -0.4 is 9.47 Å². The molecule has 2 rings (SSSR count). The third-order valence-electron chi connectivity index (χ3n) is 4.09. The summed E-state index contributed by atoms with van der Waals surface area (Å²) in [7, 11) is 1.53. The third-order valence-corrected chi connectivity index (χ3v) is 4.09. The van der Waals surface area contributed by atoms with Gasteiger partial charge in [-0.1, -0.05) is 20.3 Å². The van der Waals surface area contributed by atoms with E-state index in [4.69, 9.17) is 9.47 Å². The molecule has 0 spiro atoms. The van der Waals surface area contributed by atoms with Crippen LogP contribution in [0.15, 0.2) is 12.3 Å². The maximum absolute atomic E-state index is 12.2. The summed E-state index contributed by atoms with van der Waals surface area (Å²) >= 11 is 0. The van der Waals surface area contributed by atoms with Gasteiger partial charge in [0.15, 0.2) is 0 Å². The third kappa shape index (κ3) is 4.58. The normalized spacial score (nSPS) is 17.1. The lowest BCUT2D eigenvalue weighted by atomic mass is 10.0. The Balaban J connectivity index is 1.80. The Morgan fingerprint density at radius 2 is 2.18 bits per heavy atom. The quantitative estimate of drug-likeness (QED) is 0.807. The minimum absolute atomic E-state index is 0.0901. The van der Waals surface area contributed by atoms with Gasteiger partial charge < -0.3 is 14.4 Å². The van der Waals surface area contributed by atoms with Crippen LogP contribution in [-0.4, -0.2) is 47.1 Å². The standard InChI is InChI=1S/C16H25N3O3/c1-4-12(2)11-15(20)19-9-6-13(7-10-19)22-14-5-8-17-16(18-14)21-3/h5,8,12-13H,4,6-7,9-11H2,1-3H3. The number of aromatic nitrogens is 2. The van der Waals surface area contributed by atoms with Gasteiger partial charge in [0.2, 0.25) is 11.8 Å². The van der Waals surface area contributed by atoms with Crippen LogP contribution in [0.1, 0.15) is 39.5 Å². The molecule has 1 aromatic heterocycles. The van der Waals surface area contributed by atoms with Gasteiger partial charge in [-0.25, -0.2) is 4.98 Å². The van der Waals surface area contributed by atoms with E-state index in [0.717, 1.165) is 32.4 Å². The minimum atomic E-state index is 0.0901. The average molecular weight is 307 g/mol. The molecule has 0 saturated carbocycles. The maximum atomic E-state index is 12.2. The number of likely N-dealkylation sites (tertiary alicyclic amines) is 1. The molecule has 1 unspecified atom stereocenters. The number of nitrogens with zero attached hydrogens (tertiary/aromatic N) is 3. The number of hydrogen-bond acceptors (Lipinski definition) is 5. The Bertz CT molecular complexity index is 487. The Morgan fingerprint density at radius 3 is 2.82 bits per heavy atom. The molecule has 6 heteroatoms. The van der Waals surface area contributed by atoms with Gasteiger partial charge in [0.05, 0.1) is 7.11 Å². The molecule has 1 atom stereocenters. The van der Waals surface area contributed by atoms with Crippen molar-refractivity contribution in [3.8, 4) is 11.9 Å². The molecular formula is C16H25N3O3. The van der Waals surface area contributed by atoms with E-state index < -0.39 is 0 Å². The maximum Gasteiger partial charge on any atom is 0.319 e. The van der Waals surface area contributed by atoms with Crippen molar-refractivity contribution in [1.82, 2.24) is 14.9 Å². The van der Waals surface area contributed by atoms with Gasteiger partial charge in [0, 0.05) is 44.6 Å². The zero-order chi connectivity index (χ0) is 15.9. The van der Waals surface area contributed by atoms with Crippen LogP contribution >= 0.6 is 0 Å². The van der Waals surface area contributed by atoms with Crippen LogP contribution in [0.5, 0.6) is 11.9 Å². The summed E-state index contributed by atoms with van der Waals surface area (Å²) in [5.74, 6) is 1.24. The molecule has 0 N–H and O–H groups in total. The van der Waals surface area contributed by atoms with Gasteiger partial charge in [0.25, 0.3) is 0 Å². The Morgan fingerprint density at radius 1 is 1.45 bits per heavy atom. The molecule has 122 valence electrons. The molecule has 1 amide bonds. The predicted molar refractivity (Wildman–Crippen MR) is 82.9 cm³/mol. The number of rotatable bonds is 6. The minimum Gasteiger partial charge on any atom is -0.474 e. The SMILES string of the molecule is CCC(C)CC(=O)N1CCC(Oc2ccnc(OC)n2)CC1. The van der Waals surface area contributed by atoms with Crippen LogP contribution in [0.4, 0.5) is 0 Å². The van der Waals surface area contributed by atoms with E-state index in [1.54, 1.807) is 12.3 Å². The van der Waals surface area contributed by atoms with Crippen LogP contribution in [0.2, 0.25) is 0 Å². The summed E-state index contributed by atoms with van der Waals surface area (Å²) < 4.78 is 10.8. The van der Waals surface area contributed by atoms with Crippen molar-refractivity contribution in [2.45, 2.75) is 45.6 Å². The Labute approximate surface area is 131 Å². The smallest absolute Gasteiger partial charge is 0.319 e. The van der Waals surface area contributed by atoms with E-state index in [9.17, 15) is 4.79 Å². The number of carbonyl (C=O) groups is 1. The van der Waals surface area contributed by atoms with Crippen LogP contribution in [-0.2, 0) is 4.79 Å². The van der Waals surface area contributed by atoms with E-state index >= 15 is 0 Å². The van der Waals surface area contributed by atoms with Gasteiger partial charge in [-0.3, -0.25) is 4.79 Å². The van der Waals surface area contributed by atoms with Gasteiger partial charge >= 0.3 is 6.01 Å². The Kier molecular flexibility index (Phi) is 5.98. The first kappa shape index (κ1) is 16.5. The van der Waals surface area contributed by atoms with Crippen LogP contribution in [0.25, 0.3) is 0 Å². The first-order chi connectivity index (χ1) is 10.6. The second-order valence-corrected chi connectivity index (χ2v) is 5.80.